The summed E-state index contributed by atoms with van der Waals surface area (Å²) in [5.74, 6) is -0.958. The first-order valence-corrected chi connectivity index (χ1v) is 8.76. The maximum atomic E-state index is 12.4. The van der Waals surface area contributed by atoms with E-state index in [1.54, 1.807) is 19.9 Å². The zero-order valence-electron chi connectivity index (χ0n) is 13.4. The molecule has 1 N–H and O–H groups in total. The van der Waals surface area contributed by atoms with Crippen LogP contribution >= 0.6 is 0 Å². The molecular weight excluding hydrogens is 344 g/mol. The molecule has 2 heterocycles. The highest BCUT2D eigenvalue weighted by atomic mass is 32.2. The highest BCUT2D eigenvalue weighted by Crippen LogP contribution is 2.22. The van der Waals surface area contributed by atoms with Crippen LogP contribution < -0.4 is 9.62 Å². The van der Waals surface area contributed by atoms with Gasteiger partial charge in [-0.3, -0.25) is 9.59 Å². The van der Waals surface area contributed by atoms with Gasteiger partial charge in [0.1, 0.15) is 0 Å². The molecule has 9 heteroatoms. The van der Waals surface area contributed by atoms with Crippen molar-refractivity contribution in [1.82, 2.24) is 9.97 Å². The van der Waals surface area contributed by atoms with Gasteiger partial charge in [0.25, 0.3) is 21.8 Å². The molecule has 1 aliphatic rings. The van der Waals surface area contributed by atoms with Crippen LogP contribution in [0, 0.1) is 13.8 Å². The number of aromatic nitrogens is 2. The lowest BCUT2D eigenvalue weighted by molar-refractivity contribution is -0.119. The lowest BCUT2D eigenvalue weighted by Crippen LogP contribution is -2.29. The second kappa shape index (κ2) is 6.10. The van der Waals surface area contributed by atoms with Gasteiger partial charge in [-0.1, -0.05) is 0 Å². The molecule has 1 aliphatic heterocycles. The number of carbonyl (C=O) groups excluding carboxylic acids is 2. The summed E-state index contributed by atoms with van der Waals surface area (Å²) in [6.07, 6.45) is 2.32. The topological polar surface area (TPSA) is 109 Å². The quantitative estimate of drug-likeness (QED) is 0.826. The number of carbonyl (C=O) groups is 2. The minimum atomic E-state index is -3.89. The molecule has 128 valence electrons. The second-order valence-electron chi connectivity index (χ2n) is 5.42. The lowest BCUT2D eigenvalue weighted by atomic mass is 10.3. The Balaban J connectivity index is 1.86. The molecule has 0 radical (unpaired) electrons. The summed E-state index contributed by atoms with van der Waals surface area (Å²) in [7, 11) is -3.89. The number of hydrogen-bond donors (Lipinski definition) is 1. The van der Waals surface area contributed by atoms with Crippen molar-refractivity contribution in [2.45, 2.75) is 18.7 Å². The van der Waals surface area contributed by atoms with Crippen LogP contribution in [0.25, 0.3) is 0 Å². The van der Waals surface area contributed by atoms with E-state index in [0.29, 0.717) is 17.1 Å². The SMILES string of the molecule is Cc1cc(C)nc(NS(=O)(=O)c2ccc(N3C(=O)C=CC3=O)cc2)n1. The van der Waals surface area contributed by atoms with Gasteiger partial charge in [-0.15, -0.1) is 0 Å². The summed E-state index contributed by atoms with van der Waals surface area (Å²) >= 11 is 0. The predicted octanol–water partition coefficient (Wildman–Crippen LogP) is 1.32. The third-order valence-corrected chi connectivity index (χ3v) is 4.77. The Kier molecular flexibility index (Phi) is 4.09. The number of hydrogen-bond acceptors (Lipinski definition) is 6. The molecule has 1 aromatic heterocycles. The van der Waals surface area contributed by atoms with Crippen molar-refractivity contribution in [3.05, 3.63) is 53.9 Å². The fourth-order valence-electron chi connectivity index (χ4n) is 2.38. The number of nitrogens with zero attached hydrogens (tertiary/aromatic N) is 3. The summed E-state index contributed by atoms with van der Waals surface area (Å²) in [6.45, 7) is 3.47. The van der Waals surface area contributed by atoms with E-state index in [4.69, 9.17) is 0 Å². The van der Waals surface area contributed by atoms with Crippen molar-refractivity contribution >= 4 is 33.5 Å². The Morgan fingerprint density at radius 1 is 0.920 bits per heavy atom. The summed E-state index contributed by atoms with van der Waals surface area (Å²) < 4.78 is 27.2. The Morgan fingerprint density at radius 2 is 1.44 bits per heavy atom. The monoisotopic (exact) mass is 358 g/mol. The number of sulfonamides is 1. The first kappa shape index (κ1) is 16.8. The van der Waals surface area contributed by atoms with E-state index in [0.717, 1.165) is 17.1 Å². The number of imide groups is 1. The van der Waals surface area contributed by atoms with Crippen LogP contribution in [0.4, 0.5) is 11.6 Å². The Hall–Kier alpha value is -3.07. The Bertz CT molecular complexity index is 959. The van der Waals surface area contributed by atoms with E-state index in [1.807, 2.05) is 0 Å². The maximum absolute atomic E-state index is 12.4. The van der Waals surface area contributed by atoms with Crippen LogP contribution in [0.15, 0.2) is 47.4 Å². The van der Waals surface area contributed by atoms with Crippen molar-refractivity contribution in [3.8, 4) is 0 Å². The van der Waals surface area contributed by atoms with E-state index in [2.05, 4.69) is 14.7 Å². The fraction of sp³-hybridized carbons (Fsp3) is 0.125. The average molecular weight is 358 g/mol. The third kappa shape index (κ3) is 3.41. The molecular formula is C16H14N4O4S. The first-order chi connectivity index (χ1) is 11.8. The molecule has 0 atom stereocenters. The number of anilines is 2. The Labute approximate surface area is 144 Å². The molecule has 25 heavy (non-hydrogen) atoms. The molecule has 0 saturated carbocycles. The van der Waals surface area contributed by atoms with Gasteiger partial charge >= 0.3 is 0 Å². The van der Waals surface area contributed by atoms with Gasteiger partial charge in [-0.05, 0) is 44.2 Å². The molecule has 0 aliphatic carbocycles. The average Bonchev–Trinajstić information content (AvgIpc) is 2.85. The fourth-order valence-corrected chi connectivity index (χ4v) is 3.32. The molecule has 0 bridgehead atoms. The van der Waals surface area contributed by atoms with Crippen molar-refractivity contribution in [2.24, 2.45) is 0 Å². The molecule has 3 rings (SSSR count). The van der Waals surface area contributed by atoms with Crippen molar-refractivity contribution in [3.63, 3.8) is 0 Å². The van der Waals surface area contributed by atoms with Gasteiger partial charge in [0.2, 0.25) is 5.95 Å². The van der Waals surface area contributed by atoms with Gasteiger partial charge in [-0.2, -0.15) is 0 Å². The normalized spacial score (nSPS) is 14.2. The van der Waals surface area contributed by atoms with E-state index in [9.17, 15) is 18.0 Å². The zero-order valence-corrected chi connectivity index (χ0v) is 14.2. The van der Waals surface area contributed by atoms with Crippen LogP contribution in [0.5, 0.6) is 0 Å². The van der Waals surface area contributed by atoms with Gasteiger partial charge < -0.3 is 0 Å². The van der Waals surface area contributed by atoms with E-state index in [1.165, 1.54) is 24.3 Å². The predicted molar refractivity (Wildman–Crippen MR) is 90.4 cm³/mol. The minimum Gasteiger partial charge on any atom is -0.269 e. The van der Waals surface area contributed by atoms with Gasteiger partial charge in [0, 0.05) is 23.5 Å². The van der Waals surface area contributed by atoms with Crippen molar-refractivity contribution in [2.75, 3.05) is 9.62 Å². The summed E-state index contributed by atoms with van der Waals surface area (Å²) in [4.78, 5) is 32.3. The molecule has 0 unspecified atom stereocenters. The van der Waals surface area contributed by atoms with Gasteiger partial charge in [0.15, 0.2) is 0 Å². The number of rotatable bonds is 4. The summed E-state index contributed by atoms with van der Waals surface area (Å²) in [5.41, 5.74) is 1.57. The summed E-state index contributed by atoms with van der Waals surface area (Å²) in [5, 5.41) is 0. The minimum absolute atomic E-state index is 0.0179. The second-order valence-corrected chi connectivity index (χ2v) is 7.10. The number of amides is 2. The summed E-state index contributed by atoms with van der Waals surface area (Å²) in [6, 6.07) is 7.11. The highest BCUT2D eigenvalue weighted by Gasteiger charge is 2.25. The van der Waals surface area contributed by atoms with Gasteiger partial charge in [-0.25, -0.2) is 28.0 Å². The molecule has 8 nitrogen and oxygen atoms in total. The van der Waals surface area contributed by atoms with Crippen LogP contribution in [-0.4, -0.2) is 30.2 Å². The number of aryl methyl sites for hydroxylation is 2. The molecule has 0 fully saturated rings. The molecule has 0 spiro atoms. The van der Waals surface area contributed by atoms with E-state index < -0.39 is 21.8 Å². The van der Waals surface area contributed by atoms with Crippen LogP contribution in [0.1, 0.15) is 11.4 Å². The Morgan fingerprint density at radius 3 is 1.96 bits per heavy atom. The van der Waals surface area contributed by atoms with Crippen LogP contribution in [0.2, 0.25) is 0 Å². The maximum Gasteiger partial charge on any atom is 0.264 e. The molecule has 2 amide bonds. The van der Waals surface area contributed by atoms with E-state index >= 15 is 0 Å². The zero-order chi connectivity index (χ0) is 18.2. The van der Waals surface area contributed by atoms with E-state index in [-0.39, 0.29) is 10.8 Å². The van der Waals surface area contributed by atoms with Gasteiger partial charge in [0.05, 0.1) is 10.6 Å². The standard InChI is InChI=1S/C16H14N4O4S/c1-10-9-11(2)18-16(17-10)19-25(23,24)13-5-3-12(4-6-13)20-14(21)7-8-15(20)22/h3-9H,1-2H3,(H,17,18,19). The lowest BCUT2D eigenvalue weighted by Gasteiger charge is -2.14. The van der Waals surface area contributed by atoms with Crippen molar-refractivity contribution in [1.29, 1.82) is 0 Å². The highest BCUT2D eigenvalue weighted by molar-refractivity contribution is 7.92. The molecule has 0 saturated heterocycles. The first-order valence-electron chi connectivity index (χ1n) is 7.27. The number of nitrogens with one attached hydrogen (secondary N) is 1. The largest absolute Gasteiger partial charge is 0.269 e. The van der Waals surface area contributed by atoms with Crippen LogP contribution in [0.3, 0.4) is 0 Å². The number of benzene rings is 1. The smallest absolute Gasteiger partial charge is 0.264 e. The van der Waals surface area contributed by atoms with Crippen LogP contribution in [-0.2, 0) is 19.6 Å². The molecule has 2 aromatic rings. The third-order valence-electron chi connectivity index (χ3n) is 3.42. The van der Waals surface area contributed by atoms with Crippen molar-refractivity contribution < 1.29 is 18.0 Å². The molecule has 1 aromatic carbocycles.